The van der Waals surface area contributed by atoms with Crippen LogP contribution in [0.3, 0.4) is 0 Å². The van der Waals surface area contributed by atoms with Gasteiger partial charge in [0.1, 0.15) is 10.7 Å². The van der Waals surface area contributed by atoms with Gasteiger partial charge in [0.25, 0.3) is 0 Å². The molecule has 0 aliphatic carbocycles. The van der Waals surface area contributed by atoms with Gasteiger partial charge in [0.15, 0.2) is 5.96 Å². The average Bonchev–Trinajstić information content (AvgIpc) is 3.19. The molecule has 0 saturated carbocycles. The quantitative estimate of drug-likeness (QED) is 0.430. The minimum Gasteiger partial charge on any atom is -0.356 e. The summed E-state index contributed by atoms with van der Waals surface area (Å²) in [7, 11) is 0. The lowest BCUT2D eigenvalue weighted by molar-refractivity contribution is 0.718. The molecule has 2 heterocycles. The zero-order valence-corrected chi connectivity index (χ0v) is 16.5. The molecule has 0 saturated heterocycles. The van der Waals surface area contributed by atoms with Crippen LogP contribution >= 0.6 is 23.1 Å². The van der Waals surface area contributed by atoms with E-state index in [0.717, 1.165) is 59.7 Å². The number of nitrogens with zero attached hydrogens (tertiary/aromatic N) is 3. The maximum atomic E-state index is 4.74. The maximum absolute atomic E-state index is 4.74. The van der Waals surface area contributed by atoms with Crippen LogP contribution in [0.15, 0.2) is 45.0 Å². The third kappa shape index (κ3) is 4.95. The monoisotopic (exact) mass is 385 g/mol. The Kier molecular flexibility index (Phi) is 6.85. The number of hydrogen-bond acceptors (Lipinski definition) is 7. The van der Waals surface area contributed by atoms with E-state index >= 15 is 0 Å². The van der Waals surface area contributed by atoms with E-state index in [4.69, 9.17) is 4.98 Å². The van der Waals surface area contributed by atoms with Crippen LogP contribution in [0.1, 0.15) is 24.6 Å². The number of aliphatic imine (C=N–C) groups is 2. The van der Waals surface area contributed by atoms with Crippen LogP contribution in [-0.4, -0.2) is 36.6 Å². The van der Waals surface area contributed by atoms with Crippen molar-refractivity contribution in [2.45, 2.75) is 19.8 Å². The number of thiazole rings is 1. The highest BCUT2D eigenvalue weighted by atomic mass is 32.2. The summed E-state index contributed by atoms with van der Waals surface area (Å²) < 4.78 is 0. The maximum Gasteiger partial charge on any atom is 0.191 e. The molecule has 0 amide bonds. The Bertz CT molecular complexity index is 810. The first-order valence-electron chi connectivity index (χ1n) is 8.66. The first kappa shape index (κ1) is 18.7. The van der Waals surface area contributed by atoms with E-state index in [0.29, 0.717) is 0 Å². The molecule has 7 heteroatoms. The van der Waals surface area contributed by atoms with Crippen molar-refractivity contribution in [3.63, 3.8) is 0 Å². The van der Waals surface area contributed by atoms with Gasteiger partial charge in [0.2, 0.25) is 0 Å². The molecule has 2 N–H and O–H groups in total. The Morgan fingerprint density at radius 3 is 3.19 bits per heavy atom. The highest BCUT2D eigenvalue weighted by Crippen LogP contribution is 2.28. The van der Waals surface area contributed by atoms with Crippen molar-refractivity contribution in [1.29, 1.82) is 0 Å². The van der Waals surface area contributed by atoms with E-state index in [1.54, 1.807) is 23.1 Å². The number of nitrogens with one attached hydrogen (secondary N) is 2. The lowest BCUT2D eigenvalue weighted by Gasteiger charge is -2.15. The molecule has 0 atom stereocenters. The summed E-state index contributed by atoms with van der Waals surface area (Å²) in [6, 6.07) is 8.53. The van der Waals surface area contributed by atoms with Crippen LogP contribution in [0.5, 0.6) is 0 Å². The van der Waals surface area contributed by atoms with Crippen LogP contribution in [0, 0.1) is 0 Å². The molecule has 1 aromatic carbocycles. The fourth-order valence-corrected chi connectivity index (χ4v) is 3.98. The number of aryl methyl sites for hydroxylation is 1. The molecule has 0 fully saturated rings. The molecule has 1 aliphatic rings. The summed E-state index contributed by atoms with van der Waals surface area (Å²) in [5.41, 5.74) is 4.13. The first-order chi connectivity index (χ1) is 12.8. The van der Waals surface area contributed by atoms with Gasteiger partial charge in [-0.3, -0.25) is 9.98 Å². The number of hydrogen-bond donors (Lipinski definition) is 2. The molecule has 26 heavy (non-hydrogen) atoms. The average molecular weight is 386 g/mol. The highest BCUT2D eigenvalue weighted by Gasteiger charge is 2.09. The molecule has 1 aliphatic heterocycles. The summed E-state index contributed by atoms with van der Waals surface area (Å²) in [6.07, 6.45) is 2.12. The summed E-state index contributed by atoms with van der Waals surface area (Å²) in [6.45, 7) is 7.72. The Hall–Kier alpha value is -2.12. The van der Waals surface area contributed by atoms with Crippen molar-refractivity contribution < 1.29 is 0 Å². The Labute approximate surface area is 162 Å². The molecule has 5 nitrogen and oxygen atoms in total. The van der Waals surface area contributed by atoms with Crippen molar-refractivity contribution in [2.75, 3.05) is 19.0 Å². The molecule has 136 valence electrons. The highest BCUT2D eigenvalue weighted by molar-refractivity contribution is 8.02. The largest absolute Gasteiger partial charge is 0.356 e. The summed E-state index contributed by atoms with van der Waals surface area (Å²) in [5, 5.41) is 11.6. The van der Waals surface area contributed by atoms with Gasteiger partial charge >= 0.3 is 0 Å². The topological polar surface area (TPSA) is 61.7 Å². The molecule has 0 spiro atoms. The van der Waals surface area contributed by atoms with Gasteiger partial charge in [-0.15, -0.1) is 23.1 Å². The molecule has 0 bridgehead atoms. The van der Waals surface area contributed by atoms with Gasteiger partial charge in [-0.2, -0.15) is 0 Å². The lowest BCUT2D eigenvalue weighted by Crippen LogP contribution is -2.40. The summed E-state index contributed by atoms with van der Waals surface area (Å²) in [4.78, 5) is 13.3. The van der Waals surface area contributed by atoms with Crippen molar-refractivity contribution >= 4 is 41.5 Å². The Morgan fingerprint density at radius 1 is 1.50 bits per heavy atom. The van der Waals surface area contributed by atoms with Crippen molar-refractivity contribution in [2.24, 2.45) is 9.98 Å². The van der Waals surface area contributed by atoms with E-state index in [1.165, 1.54) is 5.56 Å². The van der Waals surface area contributed by atoms with Gasteiger partial charge in [0.05, 0.1) is 11.6 Å². The molecule has 1 aromatic heterocycles. The number of rotatable bonds is 7. The smallest absolute Gasteiger partial charge is 0.191 e. The van der Waals surface area contributed by atoms with Gasteiger partial charge in [0, 0.05) is 29.4 Å². The van der Waals surface area contributed by atoms with Gasteiger partial charge in [-0.1, -0.05) is 25.1 Å². The lowest BCUT2D eigenvalue weighted by atomic mass is 10.1. The predicted molar refractivity (Wildman–Crippen MR) is 115 cm³/mol. The van der Waals surface area contributed by atoms with Crippen LogP contribution in [0.2, 0.25) is 0 Å². The predicted octanol–water partition coefficient (Wildman–Crippen LogP) is 4.00. The second-order valence-electron chi connectivity index (χ2n) is 5.75. The van der Waals surface area contributed by atoms with Crippen LogP contribution in [0.4, 0.5) is 0 Å². The van der Waals surface area contributed by atoms with Crippen molar-refractivity contribution in [3.05, 3.63) is 46.3 Å². The molecular formula is C19H23N5S2. The zero-order chi connectivity index (χ0) is 18.2. The SMILES string of the molecule is C=N/C(=C\SCNC1=NCCCN1)c1csc(-c2cccc(CC)c2)n1. The molecule has 0 unspecified atom stereocenters. The minimum absolute atomic E-state index is 0.723. The third-order valence-corrected chi connectivity index (χ3v) is 5.53. The standard InChI is InChI=1S/C19H23N5S2/c1-3-14-6-4-7-15(10-14)18-24-17(12-26-18)16(20-2)11-25-13-23-19-21-8-5-9-22-19/h4,6-7,10-12H,2-3,5,8-9,13H2,1H3,(H2,21,22,23)/b16-11-. The second-order valence-corrected chi connectivity index (χ2v) is 7.47. The van der Waals surface area contributed by atoms with E-state index in [1.807, 2.05) is 10.8 Å². The molecular weight excluding hydrogens is 362 g/mol. The molecule has 2 aromatic rings. The first-order valence-corrected chi connectivity index (χ1v) is 10.6. The van der Waals surface area contributed by atoms with Crippen LogP contribution < -0.4 is 10.6 Å². The van der Waals surface area contributed by atoms with Gasteiger partial charge in [-0.05, 0) is 31.2 Å². The summed E-state index contributed by atoms with van der Waals surface area (Å²) in [5.74, 6) is 1.59. The van der Waals surface area contributed by atoms with Gasteiger partial charge in [-0.25, -0.2) is 4.98 Å². The zero-order valence-electron chi connectivity index (χ0n) is 14.9. The minimum atomic E-state index is 0.723. The van der Waals surface area contributed by atoms with E-state index < -0.39 is 0 Å². The van der Waals surface area contributed by atoms with E-state index in [2.05, 4.69) is 58.5 Å². The summed E-state index contributed by atoms with van der Waals surface area (Å²) >= 11 is 3.26. The number of benzene rings is 1. The van der Waals surface area contributed by atoms with Crippen LogP contribution in [-0.2, 0) is 6.42 Å². The second kappa shape index (κ2) is 9.54. The van der Waals surface area contributed by atoms with Crippen molar-refractivity contribution in [3.8, 4) is 10.6 Å². The fraction of sp³-hybridized carbons (Fsp3) is 0.316. The van der Waals surface area contributed by atoms with E-state index in [-0.39, 0.29) is 0 Å². The Balaban J connectivity index is 1.63. The van der Waals surface area contributed by atoms with E-state index in [9.17, 15) is 0 Å². The molecule has 3 rings (SSSR count). The van der Waals surface area contributed by atoms with Crippen LogP contribution in [0.25, 0.3) is 16.3 Å². The van der Waals surface area contributed by atoms with Gasteiger partial charge < -0.3 is 10.6 Å². The van der Waals surface area contributed by atoms with Crippen molar-refractivity contribution in [1.82, 2.24) is 15.6 Å². The Morgan fingerprint density at radius 2 is 2.42 bits per heavy atom. The number of thioether (sulfide) groups is 1. The normalized spacial score (nSPS) is 14.5. The third-order valence-electron chi connectivity index (χ3n) is 3.93. The number of aromatic nitrogens is 1. The number of guanidine groups is 1. The fourth-order valence-electron chi connectivity index (χ4n) is 2.51. The molecule has 0 radical (unpaired) electrons.